The van der Waals surface area contributed by atoms with Gasteiger partial charge in [-0.2, -0.15) is 18.2 Å². The molecule has 3 aromatic rings. The van der Waals surface area contributed by atoms with Crippen molar-refractivity contribution in [2.45, 2.75) is 26.4 Å². The van der Waals surface area contributed by atoms with E-state index in [4.69, 9.17) is 10.5 Å². The van der Waals surface area contributed by atoms with Crippen LogP contribution in [-0.2, 0) is 17.3 Å². The summed E-state index contributed by atoms with van der Waals surface area (Å²) in [5.74, 6) is 0.229. The summed E-state index contributed by atoms with van der Waals surface area (Å²) in [7, 11) is 0. The second kappa shape index (κ2) is 11.4. The first-order valence-electron chi connectivity index (χ1n) is 11.8. The van der Waals surface area contributed by atoms with E-state index in [0.717, 1.165) is 37.3 Å². The van der Waals surface area contributed by atoms with Gasteiger partial charge in [0.15, 0.2) is 5.69 Å². The molecule has 1 saturated heterocycles. The number of thiophene rings is 1. The molecule has 0 bridgehead atoms. The van der Waals surface area contributed by atoms with E-state index in [9.17, 15) is 13.2 Å². The van der Waals surface area contributed by atoms with Crippen molar-refractivity contribution in [2.24, 2.45) is 0 Å². The van der Waals surface area contributed by atoms with E-state index in [1.807, 2.05) is 11.0 Å². The number of nitrogens with two attached hydrogens (primary N) is 1. The topological polar surface area (TPSA) is 105 Å². The number of hydrogen-bond acceptors (Lipinski definition) is 10. The molecule has 0 atom stereocenters. The van der Waals surface area contributed by atoms with Crippen LogP contribution in [0.4, 0.5) is 35.9 Å². The van der Waals surface area contributed by atoms with Crippen molar-refractivity contribution in [1.82, 2.24) is 24.8 Å². The van der Waals surface area contributed by atoms with Gasteiger partial charge in [0, 0.05) is 37.5 Å². The van der Waals surface area contributed by atoms with Crippen molar-refractivity contribution in [1.29, 1.82) is 0 Å². The fourth-order valence-electron chi connectivity index (χ4n) is 3.87. The molecule has 0 spiro atoms. The van der Waals surface area contributed by atoms with Gasteiger partial charge in [-0.25, -0.2) is 15.0 Å². The van der Waals surface area contributed by atoms with Gasteiger partial charge in [0.25, 0.3) is 0 Å². The van der Waals surface area contributed by atoms with Crippen molar-refractivity contribution < 1.29 is 17.9 Å². The van der Waals surface area contributed by atoms with Gasteiger partial charge in [0.1, 0.15) is 5.82 Å². The second-order valence-electron chi connectivity index (χ2n) is 8.25. The zero-order valence-corrected chi connectivity index (χ0v) is 21.0. The van der Waals surface area contributed by atoms with Crippen molar-refractivity contribution in [3.05, 3.63) is 35.0 Å². The van der Waals surface area contributed by atoms with Crippen LogP contribution in [0.25, 0.3) is 11.3 Å². The molecule has 4 heterocycles. The minimum atomic E-state index is -4.72. The molecule has 0 radical (unpaired) electrons. The molecular weight excluding hydrogens is 493 g/mol. The normalized spacial score (nSPS) is 14.4. The van der Waals surface area contributed by atoms with Crippen LogP contribution in [0.3, 0.4) is 0 Å². The standard InChI is InChI=1S/C23H29F3N8OS/c1-3-33(4-2)6-5-15-11-19(36-14-15)30-18-12-17(29-22(31-18)34-7-9-35-10-8-34)16-13-28-21(27)32-20(16)23(24,25)26/h11-14H,3-10H2,1-2H3,(H2,27,28,32)(H,29,30,31). The Bertz CT molecular complexity index is 1160. The van der Waals surface area contributed by atoms with Crippen LogP contribution in [0.5, 0.6) is 0 Å². The largest absolute Gasteiger partial charge is 0.434 e. The Hall–Kier alpha value is -3.03. The number of aromatic nitrogens is 4. The maximum atomic E-state index is 13.8. The Morgan fingerprint density at radius 2 is 1.89 bits per heavy atom. The first-order chi connectivity index (χ1) is 17.3. The molecule has 9 nitrogen and oxygen atoms in total. The van der Waals surface area contributed by atoms with Gasteiger partial charge in [-0.05, 0) is 36.5 Å². The quantitative estimate of drug-likeness (QED) is 0.430. The first-order valence-corrected chi connectivity index (χ1v) is 12.6. The van der Waals surface area contributed by atoms with Crippen LogP contribution in [0, 0.1) is 0 Å². The van der Waals surface area contributed by atoms with Crippen LogP contribution in [-0.4, -0.2) is 70.8 Å². The third kappa shape index (κ3) is 6.39. The lowest BCUT2D eigenvalue weighted by atomic mass is 10.1. The summed E-state index contributed by atoms with van der Waals surface area (Å²) in [6.45, 7) is 9.25. The van der Waals surface area contributed by atoms with Gasteiger partial charge in [-0.3, -0.25) is 0 Å². The number of ether oxygens (including phenoxy) is 1. The molecule has 0 aromatic carbocycles. The maximum absolute atomic E-state index is 13.8. The predicted octanol–water partition coefficient (Wildman–Crippen LogP) is 4.06. The highest BCUT2D eigenvalue weighted by atomic mass is 32.1. The summed E-state index contributed by atoms with van der Waals surface area (Å²) in [6, 6.07) is 3.52. The van der Waals surface area contributed by atoms with Crippen molar-refractivity contribution in [3.63, 3.8) is 0 Å². The minimum absolute atomic E-state index is 0.0552. The summed E-state index contributed by atoms with van der Waals surface area (Å²) in [4.78, 5) is 20.5. The Morgan fingerprint density at radius 1 is 1.14 bits per heavy atom. The molecule has 0 amide bonds. The smallest absolute Gasteiger partial charge is 0.378 e. The van der Waals surface area contributed by atoms with Gasteiger partial charge in [0.05, 0.1) is 23.9 Å². The number of hydrogen-bond donors (Lipinski definition) is 2. The average Bonchev–Trinajstić information content (AvgIpc) is 3.31. The maximum Gasteiger partial charge on any atom is 0.434 e. The van der Waals surface area contributed by atoms with Gasteiger partial charge in [-0.15, -0.1) is 11.3 Å². The molecular formula is C23H29F3N8OS. The monoisotopic (exact) mass is 522 g/mol. The number of anilines is 4. The molecule has 0 aliphatic carbocycles. The Balaban J connectivity index is 1.66. The number of nitrogens with one attached hydrogen (secondary N) is 1. The van der Waals surface area contributed by atoms with E-state index in [2.05, 4.69) is 49.4 Å². The highest BCUT2D eigenvalue weighted by Crippen LogP contribution is 2.36. The molecule has 1 aliphatic rings. The van der Waals surface area contributed by atoms with Crippen LogP contribution < -0.4 is 16.0 Å². The highest BCUT2D eigenvalue weighted by molar-refractivity contribution is 7.14. The van der Waals surface area contributed by atoms with E-state index in [-0.39, 0.29) is 11.3 Å². The van der Waals surface area contributed by atoms with Crippen LogP contribution in [0.1, 0.15) is 25.1 Å². The number of alkyl halides is 3. The number of halogens is 3. The van der Waals surface area contributed by atoms with E-state index < -0.39 is 17.8 Å². The molecule has 13 heteroatoms. The van der Waals surface area contributed by atoms with Crippen molar-refractivity contribution in [2.75, 3.05) is 61.9 Å². The van der Waals surface area contributed by atoms with E-state index in [1.165, 1.54) is 23.0 Å². The molecule has 1 aliphatic heterocycles. The molecule has 4 rings (SSSR count). The lowest BCUT2D eigenvalue weighted by molar-refractivity contribution is -0.140. The third-order valence-corrected chi connectivity index (χ3v) is 6.77. The number of nitrogens with zero attached hydrogens (tertiary/aromatic N) is 6. The van der Waals surface area contributed by atoms with Gasteiger partial charge >= 0.3 is 6.18 Å². The highest BCUT2D eigenvalue weighted by Gasteiger charge is 2.37. The Kier molecular flexibility index (Phi) is 8.21. The van der Waals surface area contributed by atoms with E-state index >= 15 is 0 Å². The predicted molar refractivity (Wildman–Crippen MR) is 135 cm³/mol. The summed E-state index contributed by atoms with van der Waals surface area (Å²) in [5.41, 5.74) is 5.29. The average molecular weight is 523 g/mol. The zero-order valence-electron chi connectivity index (χ0n) is 20.2. The summed E-state index contributed by atoms with van der Waals surface area (Å²) >= 11 is 1.52. The van der Waals surface area contributed by atoms with Gasteiger partial charge < -0.3 is 25.6 Å². The SMILES string of the molecule is CCN(CC)CCc1csc(Nc2cc(-c3cnc(N)nc3C(F)(F)F)nc(N3CCOCC3)n2)c1. The molecule has 3 N–H and O–H groups in total. The zero-order chi connectivity index (χ0) is 25.7. The first kappa shape index (κ1) is 26.0. The van der Waals surface area contributed by atoms with Crippen LogP contribution >= 0.6 is 11.3 Å². The van der Waals surface area contributed by atoms with E-state index in [1.54, 1.807) is 0 Å². The molecule has 0 saturated carbocycles. The summed E-state index contributed by atoms with van der Waals surface area (Å²) in [5, 5.41) is 6.16. The van der Waals surface area contributed by atoms with Crippen LogP contribution in [0.2, 0.25) is 0 Å². The lowest BCUT2D eigenvalue weighted by Gasteiger charge is -2.27. The third-order valence-electron chi connectivity index (χ3n) is 5.88. The lowest BCUT2D eigenvalue weighted by Crippen LogP contribution is -2.37. The number of nitrogen functional groups attached to an aromatic ring is 1. The fourth-order valence-corrected chi connectivity index (χ4v) is 4.71. The number of rotatable bonds is 9. The second-order valence-corrected chi connectivity index (χ2v) is 9.16. The number of likely N-dealkylation sites (N-methyl/N-ethyl adjacent to an activating group) is 1. The summed E-state index contributed by atoms with van der Waals surface area (Å²) in [6.07, 6.45) is -2.76. The van der Waals surface area contributed by atoms with Crippen molar-refractivity contribution in [3.8, 4) is 11.3 Å². The number of morpholine rings is 1. The minimum Gasteiger partial charge on any atom is -0.378 e. The van der Waals surface area contributed by atoms with E-state index in [0.29, 0.717) is 38.1 Å². The van der Waals surface area contributed by atoms with Crippen molar-refractivity contribution >= 4 is 34.1 Å². The van der Waals surface area contributed by atoms with Crippen LogP contribution in [0.15, 0.2) is 23.7 Å². The molecule has 194 valence electrons. The Morgan fingerprint density at radius 3 is 2.58 bits per heavy atom. The molecule has 1 fully saturated rings. The van der Waals surface area contributed by atoms with Gasteiger partial charge in [0.2, 0.25) is 11.9 Å². The van der Waals surface area contributed by atoms with Gasteiger partial charge in [-0.1, -0.05) is 13.8 Å². The molecule has 36 heavy (non-hydrogen) atoms. The molecule has 3 aromatic heterocycles. The molecule has 0 unspecified atom stereocenters. The summed E-state index contributed by atoms with van der Waals surface area (Å²) < 4.78 is 46.7. The fraction of sp³-hybridized carbons (Fsp3) is 0.478. The Labute approximate surface area is 211 Å².